The van der Waals surface area contributed by atoms with Gasteiger partial charge in [0.25, 0.3) is 0 Å². The van der Waals surface area contributed by atoms with E-state index in [9.17, 15) is 4.39 Å². The van der Waals surface area contributed by atoms with Crippen LogP contribution in [0.5, 0.6) is 17.2 Å². The summed E-state index contributed by atoms with van der Waals surface area (Å²) in [6, 6.07) is 13.2. The summed E-state index contributed by atoms with van der Waals surface area (Å²) in [5.74, 6) is 1.72. The van der Waals surface area contributed by atoms with Gasteiger partial charge in [-0.3, -0.25) is 0 Å². The Bertz CT molecular complexity index is 606. The Hall–Kier alpha value is -2.11. The molecule has 1 heterocycles. The molecule has 1 aliphatic rings. The molecule has 1 unspecified atom stereocenters. The highest BCUT2D eigenvalue weighted by Gasteiger charge is 2.13. The molecule has 24 heavy (non-hydrogen) atoms. The van der Waals surface area contributed by atoms with Crippen LogP contribution in [0.1, 0.15) is 19.3 Å². The summed E-state index contributed by atoms with van der Waals surface area (Å²) >= 11 is 0. The number of benzene rings is 2. The molecule has 0 bridgehead atoms. The second-order valence-electron chi connectivity index (χ2n) is 5.54. The van der Waals surface area contributed by atoms with Gasteiger partial charge in [-0.15, -0.1) is 0 Å². The van der Waals surface area contributed by atoms with Crippen molar-refractivity contribution in [1.29, 1.82) is 0 Å². The van der Waals surface area contributed by atoms with Gasteiger partial charge in [-0.2, -0.15) is 0 Å². The molecule has 0 N–H and O–H groups in total. The SMILES string of the molecule is Fc1ccc(Oc2ccc(OCCOC3CCCCO3)cc2)cc1. The Morgan fingerprint density at radius 3 is 2.21 bits per heavy atom. The van der Waals surface area contributed by atoms with E-state index >= 15 is 0 Å². The second-order valence-corrected chi connectivity index (χ2v) is 5.54. The lowest BCUT2D eigenvalue weighted by Crippen LogP contribution is -2.24. The van der Waals surface area contributed by atoms with Crippen LogP contribution in [0.25, 0.3) is 0 Å². The predicted molar refractivity (Wildman–Crippen MR) is 88.0 cm³/mol. The van der Waals surface area contributed by atoms with Gasteiger partial charge in [0, 0.05) is 6.61 Å². The third kappa shape index (κ3) is 5.22. The molecule has 1 aliphatic heterocycles. The Kier molecular flexibility index (Phi) is 6.04. The van der Waals surface area contributed by atoms with Gasteiger partial charge in [0.05, 0.1) is 6.61 Å². The molecule has 0 spiro atoms. The van der Waals surface area contributed by atoms with Crippen molar-refractivity contribution in [2.75, 3.05) is 19.8 Å². The van der Waals surface area contributed by atoms with Gasteiger partial charge in [-0.25, -0.2) is 4.39 Å². The predicted octanol–water partition coefficient (Wildman–Crippen LogP) is 4.54. The van der Waals surface area contributed by atoms with E-state index in [1.807, 2.05) is 24.3 Å². The standard InChI is InChI=1S/C19H21FO4/c20-15-4-6-17(7-5-15)24-18-10-8-16(9-11-18)21-13-14-23-19-3-1-2-12-22-19/h4-11,19H,1-3,12-14H2. The minimum atomic E-state index is -0.285. The zero-order valence-electron chi connectivity index (χ0n) is 13.4. The average molecular weight is 332 g/mol. The summed E-state index contributed by atoms with van der Waals surface area (Å²) in [7, 11) is 0. The maximum Gasteiger partial charge on any atom is 0.157 e. The maximum atomic E-state index is 12.9. The Morgan fingerprint density at radius 2 is 1.54 bits per heavy atom. The summed E-state index contributed by atoms with van der Waals surface area (Å²) < 4.78 is 35.2. The van der Waals surface area contributed by atoms with E-state index < -0.39 is 0 Å². The van der Waals surface area contributed by atoms with Gasteiger partial charge < -0.3 is 18.9 Å². The van der Waals surface area contributed by atoms with Gasteiger partial charge in [0.2, 0.25) is 0 Å². The quantitative estimate of drug-likeness (QED) is 0.698. The average Bonchev–Trinajstić information content (AvgIpc) is 2.63. The molecule has 2 aromatic rings. The van der Waals surface area contributed by atoms with Crippen LogP contribution in [0.3, 0.4) is 0 Å². The minimum Gasteiger partial charge on any atom is -0.491 e. The molecule has 0 aromatic heterocycles. The number of halogens is 1. The second kappa shape index (κ2) is 8.66. The molecule has 2 aromatic carbocycles. The summed E-state index contributed by atoms with van der Waals surface area (Å²) in [6.07, 6.45) is 3.13. The molecule has 0 radical (unpaired) electrons. The third-order valence-corrected chi connectivity index (χ3v) is 3.67. The van der Waals surface area contributed by atoms with Gasteiger partial charge >= 0.3 is 0 Å². The molecule has 5 heteroatoms. The molecule has 4 nitrogen and oxygen atoms in total. The van der Waals surface area contributed by atoms with Gasteiger partial charge in [0.15, 0.2) is 6.29 Å². The van der Waals surface area contributed by atoms with E-state index in [1.54, 1.807) is 12.1 Å². The van der Waals surface area contributed by atoms with E-state index in [2.05, 4.69) is 0 Å². The molecule has 128 valence electrons. The van der Waals surface area contributed by atoms with Crippen LogP contribution in [0.4, 0.5) is 4.39 Å². The summed E-state index contributed by atoms with van der Waals surface area (Å²) in [6.45, 7) is 1.75. The topological polar surface area (TPSA) is 36.9 Å². The molecule has 3 rings (SSSR count). The Morgan fingerprint density at radius 1 is 0.875 bits per heavy atom. The Labute approximate surface area is 141 Å². The summed E-state index contributed by atoms with van der Waals surface area (Å²) in [5, 5.41) is 0. The summed E-state index contributed by atoms with van der Waals surface area (Å²) in [5.41, 5.74) is 0. The van der Waals surface area contributed by atoms with Crippen molar-refractivity contribution in [2.45, 2.75) is 25.6 Å². The van der Waals surface area contributed by atoms with Crippen molar-refractivity contribution >= 4 is 0 Å². The number of hydrogen-bond acceptors (Lipinski definition) is 4. The molecule has 1 atom stereocenters. The molecule has 0 aliphatic carbocycles. The molecule has 0 saturated carbocycles. The van der Waals surface area contributed by atoms with Gasteiger partial charge in [-0.05, 0) is 67.8 Å². The highest BCUT2D eigenvalue weighted by atomic mass is 19.1. The first-order valence-electron chi connectivity index (χ1n) is 8.19. The number of hydrogen-bond donors (Lipinski definition) is 0. The van der Waals surface area contributed by atoms with E-state index in [1.165, 1.54) is 12.1 Å². The first kappa shape index (κ1) is 16.7. The first-order chi connectivity index (χ1) is 11.8. The van der Waals surface area contributed by atoms with Crippen molar-refractivity contribution in [3.63, 3.8) is 0 Å². The first-order valence-corrected chi connectivity index (χ1v) is 8.19. The molecule has 1 saturated heterocycles. The van der Waals surface area contributed by atoms with Crippen LogP contribution in [0, 0.1) is 5.82 Å². The largest absolute Gasteiger partial charge is 0.491 e. The van der Waals surface area contributed by atoms with Crippen LogP contribution < -0.4 is 9.47 Å². The molecular formula is C19H21FO4. The van der Waals surface area contributed by atoms with Gasteiger partial charge in [0.1, 0.15) is 29.7 Å². The van der Waals surface area contributed by atoms with E-state index in [0.29, 0.717) is 24.7 Å². The van der Waals surface area contributed by atoms with Crippen LogP contribution in [-0.2, 0) is 9.47 Å². The van der Waals surface area contributed by atoms with Crippen molar-refractivity contribution in [3.8, 4) is 17.2 Å². The van der Waals surface area contributed by atoms with E-state index in [-0.39, 0.29) is 12.1 Å². The molecule has 1 fully saturated rings. The Balaban J connectivity index is 1.40. The maximum absolute atomic E-state index is 12.9. The summed E-state index contributed by atoms with van der Waals surface area (Å²) in [4.78, 5) is 0. The monoisotopic (exact) mass is 332 g/mol. The van der Waals surface area contributed by atoms with Crippen LogP contribution in [0.2, 0.25) is 0 Å². The smallest absolute Gasteiger partial charge is 0.157 e. The number of ether oxygens (including phenoxy) is 4. The van der Waals surface area contributed by atoms with Crippen LogP contribution in [0.15, 0.2) is 48.5 Å². The lowest BCUT2D eigenvalue weighted by Gasteiger charge is -2.22. The fourth-order valence-corrected chi connectivity index (χ4v) is 2.42. The zero-order chi connectivity index (χ0) is 16.6. The van der Waals surface area contributed by atoms with Crippen molar-refractivity contribution < 1.29 is 23.3 Å². The highest BCUT2D eigenvalue weighted by molar-refractivity contribution is 5.35. The fourth-order valence-electron chi connectivity index (χ4n) is 2.42. The highest BCUT2D eigenvalue weighted by Crippen LogP contribution is 2.24. The van der Waals surface area contributed by atoms with Gasteiger partial charge in [-0.1, -0.05) is 0 Å². The van der Waals surface area contributed by atoms with E-state index in [4.69, 9.17) is 18.9 Å². The lowest BCUT2D eigenvalue weighted by molar-refractivity contribution is -0.165. The molecular weight excluding hydrogens is 311 g/mol. The van der Waals surface area contributed by atoms with Crippen molar-refractivity contribution in [3.05, 3.63) is 54.3 Å². The third-order valence-electron chi connectivity index (χ3n) is 3.67. The fraction of sp³-hybridized carbons (Fsp3) is 0.368. The lowest BCUT2D eigenvalue weighted by atomic mass is 10.2. The normalized spacial score (nSPS) is 17.5. The van der Waals surface area contributed by atoms with Crippen molar-refractivity contribution in [1.82, 2.24) is 0 Å². The zero-order valence-corrected chi connectivity index (χ0v) is 13.4. The van der Waals surface area contributed by atoms with Crippen LogP contribution >= 0.6 is 0 Å². The molecule has 0 amide bonds. The van der Waals surface area contributed by atoms with Crippen LogP contribution in [-0.4, -0.2) is 26.1 Å². The van der Waals surface area contributed by atoms with E-state index in [0.717, 1.165) is 31.6 Å². The number of rotatable bonds is 7. The minimum absolute atomic E-state index is 0.0890. The van der Waals surface area contributed by atoms with Crippen molar-refractivity contribution in [2.24, 2.45) is 0 Å².